The SMILES string of the molecule is CSc1cc(C(=O)OCC(=O)N2N=C(c3ccc(Cl)cc3)C[C@H]2c2ccco2)ccc1N. The average molecular weight is 470 g/mol. The predicted octanol–water partition coefficient (Wildman–Crippen LogP) is 4.77. The number of benzene rings is 2. The fourth-order valence-corrected chi connectivity index (χ4v) is 4.05. The highest BCUT2D eigenvalue weighted by Gasteiger charge is 2.35. The molecule has 0 radical (unpaired) electrons. The number of nitrogens with two attached hydrogens (primary N) is 1. The second-order valence-electron chi connectivity index (χ2n) is 7.06. The first-order valence-corrected chi connectivity index (χ1v) is 11.4. The highest BCUT2D eigenvalue weighted by molar-refractivity contribution is 7.98. The number of thioether (sulfide) groups is 1. The molecular formula is C23H20ClN3O4S. The fraction of sp³-hybridized carbons (Fsp3) is 0.174. The summed E-state index contributed by atoms with van der Waals surface area (Å²) in [5.74, 6) is -0.464. The van der Waals surface area contributed by atoms with E-state index in [0.29, 0.717) is 34.2 Å². The largest absolute Gasteiger partial charge is 0.467 e. The van der Waals surface area contributed by atoms with Crippen molar-refractivity contribution in [3.63, 3.8) is 0 Å². The van der Waals surface area contributed by atoms with E-state index in [0.717, 1.165) is 10.5 Å². The monoisotopic (exact) mass is 469 g/mol. The molecule has 2 N–H and O–H groups in total. The van der Waals surface area contributed by atoms with Crippen molar-refractivity contribution in [2.75, 3.05) is 18.6 Å². The summed E-state index contributed by atoms with van der Waals surface area (Å²) in [5, 5.41) is 6.43. The van der Waals surface area contributed by atoms with Crippen LogP contribution in [-0.4, -0.2) is 35.5 Å². The van der Waals surface area contributed by atoms with Crippen molar-refractivity contribution in [3.05, 3.63) is 82.8 Å². The van der Waals surface area contributed by atoms with Crippen molar-refractivity contribution in [1.82, 2.24) is 5.01 Å². The summed E-state index contributed by atoms with van der Waals surface area (Å²) < 4.78 is 10.8. The quantitative estimate of drug-likeness (QED) is 0.317. The molecule has 0 bridgehead atoms. The molecule has 1 amide bonds. The molecule has 1 aliphatic rings. The van der Waals surface area contributed by atoms with Crippen LogP contribution in [0.25, 0.3) is 0 Å². The van der Waals surface area contributed by atoms with Gasteiger partial charge >= 0.3 is 5.97 Å². The van der Waals surface area contributed by atoms with Gasteiger partial charge in [0, 0.05) is 22.0 Å². The lowest BCUT2D eigenvalue weighted by Gasteiger charge is -2.19. The van der Waals surface area contributed by atoms with Gasteiger partial charge < -0.3 is 14.9 Å². The highest BCUT2D eigenvalue weighted by Crippen LogP contribution is 2.33. The van der Waals surface area contributed by atoms with Crippen LogP contribution in [0.5, 0.6) is 0 Å². The van der Waals surface area contributed by atoms with Crippen molar-refractivity contribution in [1.29, 1.82) is 0 Å². The van der Waals surface area contributed by atoms with Crippen molar-refractivity contribution in [2.45, 2.75) is 17.4 Å². The number of hydrogen-bond donors (Lipinski definition) is 1. The smallest absolute Gasteiger partial charge is 0.338 e. The molecule has 1 aliphatic heterocycles. The van der Waals surface area contributed by atoms with Crippen LogP contribution in [-0.2, 0) is 9.53 Å². The lowest BCUT2D eigenvalue weighted by Crippen LogP contribution is -2.31. The van der Waals surface area contributed by atoms with Crippen molar-refractivity contribution in [3.8, 4) is 0 Å². The number of carbonyl (C=O) groups excluding carboxylic acids is 2. The Morgan fingerprint density at radius 1 is 1.25 bits per heavy atom. The van der Waals surface area contributed by atoms with Crippen LogP contribution in [0.2, 0.25) is 5.02 Å². The van der Waals surface area contributed by atoms with Gasteiger partial charge in [-0.25, -0.2) is 9.80 Å². The Bertz CT molecular complexity index is 1160. The van der Waals surface area contributed by atoms with Gasteiger partial charge in [0.1, 0.15) is 11.8 Å². The Morgan fingerprint density at radius 2 is 2.03 bits per heavy atom. The van der Waals surface area contributed by atoms with Gasteiger partial charge in [0.25, 0.3) is 5.91 Å². The number of nitrogens with zero attached hydrogens (tertiary/aromatic N) is 2. The summed E-state index contributed by atoms with van der Waals surface area (Å²) >= 11 is 7.41. The number of furan rings is 1. The number of anilines is 1. The molecule has 32 heavy (non-hydrogen) atoms. The Hall–Kier alpha value is -3.23. The summed E-state index contributed by atoms with van der Waals surface area (Å²) in [6.07, 6.45) is 3.87. The molecule has 0 spiro atoms. The summed E-state index contributed by atoms with van der Waals surface area (Å²) in [4.78, 5) is 26.2. The molecule has 1 aromatic heterocycles. The van der Waals surface area contributed by atoms with Crippen molar-refractivity contribution in [2.24, 2.45) is 5.10 Å². The number of hydrogen-bond acceptors (Lipinski definition) is 7. The van der Waals surface area contributed by atoms with Crippen LogP contribution in [0.15, 0.2) is 75.3 Å². The second-order valence-corrected chi connectivity index (χ2v) is 8.34. The maximum Gasteiger partial charge on any atom is 0.338 e. The van der Waals surface area contributed by atoms with E-state index in [1.54, 1.807) is 48.7 Å². The molecule has 2 heterocycles. The van der Waals surface area contributed by atoms with Gasteiger partial charge in [-0.2, -0.15) is 5.10 Å². The molecule has 0 unspecified atom stereocenters. The van der Waals surface area contributed by atoms with Crippen LogP contribution in [0, 0.1) is 0 Å². The van der Waals surface area contributed by atoms with Gasteiger partial charge in [0.2, 0.25) is 0 Å². The van der Waals surface area contributed by atoms with Crippen LogP contribution in [0.4, 0.5) is 5.69 Å². The van der Waals surface area contributed by atoms with Crippen molar-refractivity contribution < 1.29 is 18.7 Å². The van der Waals surface area contributed by atoms with Crippen LogP contribution in [0.3, 0.4) is 0 Å². The summed E-state index contributed by atoms with van der Waals surface area (Å²) in [7, 11) is 0. The molecule has 4 rings (SSSR count). The first-order chi connectivity index (χ1) is 15.5. The second kappa shape index (κ2) is 9.50. The zero-order valence-corrected chi connectivity index (χ0v) is 18.7. The third kappa shape index (κ3) is 4.66. The molecular weight excluding hydrogens is 450 g/mol. The minimum absolute atomic E-state index is 0.325. The number of nitrogen functional groups attached to an aromatic ring is 1. The lowest BCUT2D eigenvalue weighted by molar-refractivity contribution is -0.136. The van der Waals surface area contributed by atoms with E-state index >= 15 is 0 Å². The van der Waals surface area contributed by atoms with E-state index in [4.69, 9.17) is 26.5 Å². The summed E-state index contributed by atoms with van der Waals surface area (Å²) in [5.41, 5.74) is 8.34. The van der Waals surface area contributed by atoms with Crippen LogP contribution in [0.1, 0.15) is 34.1 Å². The Kier molecular flexibility index (Phi) is 6.53. The first kappa shape index (κ1) is 22.0. The van der Waals surface area contributed by atoms with E-state index in [2.05, 4.69) is 5.10 Å². The van der Waals surface area contributed by atoms with Crippen molar-refractivity contribution >= 4 is 46.6 Å². The van der Waals surface area contributed by atoms with E-state index < -0.39 is 24.5 Å². The Balaban J connectivity index is 1.50. The zero-order chi connectivity index (χ0) is 22.7. The maximum absolute atomic E-state index is 12.9. The van der Waals surface area contributed by atoms with Crippen LogP contribution >= 0.6 is 23.4 Å². The molecule has 9 heteroatoms. The zero-order valence-electron chi connectivity index (χ0n) is 17.2. The van der Waals surface area contributed by atoms with Crippen LogP contribution < -0.4 is 5.73 Å². The number of halogens is 1. The summed E-state index contributed by atoms with van der Waals surface area (Å²) in [6, 6.07) is 15.2. The molecule has 3 aromatic rings. The maximum atomic E-state index is 12.9. The van der Waals surface area contributed by atoms with Gasteiger partial charge in [0.05, 0.1) is 17.5 Å². The number of ether oxygens (including phenoxy) is 1. The van der Waals surface area contributed by atoms with E-state index in [9.17, 15) is 9.59 Å². The molecule has 0 saturated heterocycles. The Morgan fingerprint density at radius 3 is 2.72 bits per heavy atom. The Labute approximate surface area is 194 Å². The molecule has 0 aliphatic carbocycles. The number of rotatable bonds is 6. The van der Waals surface area contributed by atoms with Gasteiger partial charge in [-0.05, 0) is 54.3 Å². The van der Waals surface area contributed by atoms with Gasteiger partial charge in [-0.15, -0.1) is 11.8 Å². The fourth-order valence-electron chi connectivity index (χ4n) is 3.37. The van der Waals surface area contributed by atoms with E-state index in [-0.39, 0.29) is 0 Å². The predicted molar refractivity (Wildman–Crippen MR) is 124 cm³/mol. The molecule has 2 aromatic carbocycles. The lowest BCUT2D eigenvalue weighted by atomic mass is 10.0. The third-order valence-electron chi connectivity index (χ3n) is 5.01. The molecule has 164 valence electrons. The molecule has 7 nitrogen and oxygen atoms in total. The number of hydrazone groups is 1. The molecule has 0 saturated carbocycles. The van der Waals surface area contributed by atoms with Gasteiger partial charge in [0.15, 0.2) is 6.61 Å². The topological polar surface area (TPSA) is 98.1 Å². The molecule has 0 fully saturated rings. The number of esters is 1. The third-order valence-corrected chi connectivity index (χ3v) is 6.06. The minimum atomic E-state index is -0.607. The standard InChI is InChI=1S/C23H20ClN3O4S/c1-32-21-11-15(6-9-17(21)25)23(29)31-13-22(28)27-19(20-3-2-10-30-20)12-18(26-27)14-4-7-16(24)8-5-14/h2-11,19H,12-13,25H2,1H3/t19-/m0/s1. The summed E-state index contributed by atoms with van der Waals surface area (Å²) in [6.45, 7) is -0.452. The number of amides is 1. The minimum Gasteiger partial charge on any atom is -0.467 e. The average Bonchev–Trinajstić information content (AvgIpc) is 3.48. The van der Waals surface area contributed by atoms with E-state index in [1.807, 2.05) is 18.4 Å². The van der Waals surface area contributed by atoms with Gasteiger partial charge in [-0.1, -0.05) is 23.7 Å². The van der Waals surface area contributed by atoms with E-state index in [1.165, 1.54) is 16.8 Å². The molecule has 1 atom stereocenters. The highest BCUT2D eigenvalue weighted by atomic mass is 35.5. The van der Waals surface area contributed by atoms with Gasteiger partial charge in [-0.3, -0.25) is 4.79 Å². The first-order valence-electron chi connectivity index (χ1n) is 9.76. The normalized spacial score (nSPS) is 15.5. The number of carbonyl (C=O) groups is 2.